The van der Waals surface area contributed by atoms with Gasteiger partial charge in [0.15, 0.2) is 0 Å². The van der Waals surface area contributed by atoms with Crippen molar-refractivity contribution in [2.75, 3.05) is 0 Å². The predicted octanol–water partition coefficient (Wildman–Crippen LogP) is 3.12. The van der Waals surface area contributed by atoms with E-state index < -0.39 is 30.7 Å². The molecule has 2 aromatic carbocycles. The van der Waals surface area contributed by atoms with Crippen LogP contribution >= 0.6 is 0 Å². The molecule has 0 aromatic heterocycles. The van der Waals surface area contributed by atoms with Gasteiger partial charge in [-0.1, -0.05) is 36.4 Å². The molecule has 1 aliphatic rings. The summed E-state index contributed by atoms with van der Waals surface area (Å²) in [6, 6.07) is 16.6. The first-order valence-corrected chi connectivity index (χ1v) is 11.3. The van der Waals surface area contributed by atoms with E-state index in [9.17, 15) is 16.8 Å². The van der Waals surface area contributed by atoms with Gasteiger partial charge in [0.1, 0.15) is 11.5 Å². The summed E-state index contributed by atoms with van der Waals surface area (Å²) in [6.45, 7) is 0. The van der Waals surface area contributed by atoms with E-state index in [0.29, 0.717) is 0 Å². The quantitative estimate of drug-likeness (QED) is 0.697. The highest BCUT2D eigenvalue weighted by molar-refractivity contribution is 7.88. The second kappa shape index (κ2) is 7.67. The van der Waals surface area contributed by atoms with Crippen molar-refractivity contribution < 1.29 is 25.2 Å². The van der Waals surface area contributed by atoms with Gasteiger partial charge in [0.05, 0.1) is 10.5 Å². The molecule has 0 heterocycles. The summed E-state index contributed by atoms with van der Waals surface area (Å²) in [7, 11) is -7.60. The van der Waals surface area contributed by atoms with Crippen molar-refractivity contribution in [1.82, 2.24) is 0 Å². The van der Waals surface area contributed by atoms with Crippen molar-refractivity contribution in [3.63, 3.8) is 0 Å². The van der Waals surface area contributed by atoms with Crippen LogP contribution in [0.25, 0.3) is 0 Å². The second-order valence-electron chi connectivity index (χ2n) is 6.18. The van der Waals surface area contributed by atoms with E-state index in [-0.39, 0.29) is 37.2 Å². The van der Waals surface area contributed by atoms with Crippen LogP contribution in [-0.4, -0.2) is 27.3 Å². The van der Waals surface area contributed by atoms with Crippen LogP contribution in [0.15, 0.2) is 60.7 Å². The van der Waals surface area contributed by atoms with Crippen molar-refractivity contribution >= 4 is 20.2 Å². The largest absolute Gasteiger partial charge is 0.382 e. The summed E-state index contributed by atoms with van der Waals surface area (Å²) >= 11 is 0. The van der Waals surface area contributed by atoms with Gasteiger partial charge in [0, 0.05) is 0 Å². The Hall–Kier alpha value is -2.06. The van der Waals surface area contributed by atoms with Crippen molar-refractivity contribution in [1.29, 1.82) is 0 Å². The van der Waals surface area contributed by atoms with E-state index in [2.05, 4.69) is 0 Å². The van der Waals surface area contributed by atoms with Gasteiger partial charge in [-0.25, -0.2) is 0 Å². The summed E-state index contributed by atoms with van der Waals surface area (Å²) < 4.78 is 59.9. The van der Waals surface area contributed by atoms with E-state index in [1.165, 1.54) is 0 Å². The topological polar surface area (TPSA) is 86.7 Å². The van der Waals surface area contributed by atoms with Crippen LogP contribution in [0.1, 0.15) is 25.7 Å². The molecule has 3 rings (SSSR count). The number of para-hydroxylation sites is 2. The zero-order valence-corrected chi connectivity index (χ0v) is 15.7. The number of hydrogen-bond acceptors (Lipinski definition) is 6. The second-order valence-corrected chi connectivity index (χ2v) is 9.81. The average Bonchev–Trinajstić information content (AvgIpc) is 2.63. The maximum atomic E-state index is 12.4. The molecule has 26 heavy (non-hydrogen) atoms. The molecule has 0 bridgehead atoms. The Morgan fingerprint density at radius 1 is 0.577 bits per heavy atom. The highest BCUT2D eigenvalue weighted by Gasteiger charge is 2.38. The minimum absolute atomic E-state index is 0.219. The van der Waals surface area contributed by atoms with E-state index in [4.69, 9.17) is 8.37 Å². The molecule has 0 unspecified atom stereocenters. The first-order chi connectivity index (χ1) is 12.4. The minimum atomic E-state index is -3.80. The van der Waals surface area contributed by atoms with Crippen LogP contribution in [0.4, 0.5) is 0 Å². The molecule has 0 amide bonds. The third kappa shape index (κ3) is 4.56. The van der Waals surface area contributed by atoms with Crippen LogP contribution < -0.4 is 8.37 Å². The molecule has 0 spiro atoms. The first kappa shape index (κ1) is 18.7. The first-order valence-electron chi connectivity index (χ1n) is 8.33. The van der Waals surface area contributed by atoms with E-state index >= 15 is 0 Å². The molecule has 0 radical (unpaired) electrons. The van der Waals surface area contributed by atoms with Gasteiger partial charge in [-0.05, 0) is 49.9 Å². The van der Waals surface area contributed by atoms with Gasteiger partial charge in [-0.3, -0.25) is 0 Å². The third-order valence-electron chi connectivity index (χ3n) is 4.35. The van der Waals surface area contributed by atoms with Gasteiger partial charge >= 0.3 is 20.2 Å². The van der Waals surface area contributed by atoms with Gasteiger partial charge in [-0.2, -0.15) is 16.8 Å². The van der Waals surface area contributed by atoms with Crippen LogP contribution in [0.5, 0.6) is 11.5 Å². The van der Waals surface area contributed by atoms with Gasteiger partial charge in [0.25, 0.3) is 0 Å². The molecule has 6 nitrogen and oxygen atoms in total. The van der Waals surface area contributed by atoms with Crippen LogP contribution in [0, 0.1) is 0 Å². The number of rotatable bonds is 6. The van der Waals surface area contributed by atoms with Gasteiger partial charge < -0.3 is 8.37 Å². The van der Waals surface area contributed by atoms with Crippen LogP contribution in [0.3, 0.4) is 0 Å². The van der Waals surface area contributed by atoms with Gasteiger partial charge in [-0.15, -0.1) is 0 Å². The zero-order valence-electron chi connectivity index (χ0n) is 14.0. The van der Waals surface area contributed by atoms with Crippen LogP contribution in [0.2, 0.25) is 0 Å². The Morgan fingerprint density at radius 2 is 0.885 bits per heavy atom. The standard InChI is InChI=1S/C18H20O6S2/c19-25(20,23-15-7-3-1-4-8-15)17-11-13-18(14-12-17)26(21,22)24-16-9-5-2-6-10-16/h1-10,17-18H,11-14H2. The lowest BCUT2D eigenvalue weighted by atomic mass is 10.00. The molecule has 1 aliphatic carbocycles. The molecule has 0 atom stereocenters. The summed E-state index contributed by atoms with van der Waals surface area (Å²) in [5.74, 6) is 0.518. The summed E-state index contributed by atoms with van der Waals surface area (Å²) in [5, 5.41) is -1.43. The Bertz CT molecular complexity index is 837. The highest BCUT2D eigenvalue weighted by Crippen LogP contribution is 2.31. The summed E-state index contributed by atoms with van der Waals surface area (Å²) in [4.78, 5) is 0. The Balaban J connectivity index is 1.61. The molecular weight excluding hydrogens is 376 g/mol. The van der Waals surface area contributed by atoms with Crippen LogP contribution in [-0.2, 0) is 20.2 Å². The monoisotopic (exact) mass is 396 g/mol. The smallest absolute Gasteiger partial charge is 0.312 e. The van der Waals surface area contributed by atoms with Crippen molar-refractivity contribution in [2.45, 2.75) is 36.2 Å². The lowest BCUT2D eigenvalue weighted by Gasteiger charge is -2.27. The van der Waals surface area contributed by atoms with Gasteiger partial charge in [0.2, 0.25) is 0 Å². The SMILES string of the molecule is O=S(=O)(Oc1ccccc1)C1CCC(S(=O)(=O)Oc2ccccc2)CC1. The molecule has 1 fully saturated rings. The summed E-state index contributed by atoms with van der Waals surface area (Å²) in [5.41, 5.74) is 0. The van der Waals surface area contributed by atoms with E-state index in [1.54, 1.807) is 60.7 Å². The number of benzene rings is 2. The van der Waals surface area contributed by atoms with E-state index in [0.717, 1.165) is 0 Å². The zero-order chi connectivity index (χ0) is 18.6. The predicted molar refractivity (Wildman–Crippen MR) is 98.0 cm³/mol. The summed E-state index contributed by atoms with van der Waals surface area (Å²) in [6.07, 6.45) is 0.878. The highest BCUT2D eigenvalue weighted by atomic mass is 32.2. The molecule has 140 valence electrons. The molecule has 0 aliphatic heterocycles. The molecule has 1 saturated carbocycles. The molecule has 2 aromatic rings. The maximum Gasteiger partial charge on any atom is 0.312 e. The molecule has 8 heteroatoms. The normalized spacial score (nSPS) is 21.1. The Kier molecular flexibility index (Phi) is 5.52. The number of hydrogen-bond donors (Lipinski definition) is 0. The molecule has 0 saturated heterocycles. The van der Waals surface area contributed by atoms with Crippen molar-refractivity contribution in [2.24, 2.45) is 0 Å². The van der Waals surface area contributed by atoms with Crippen molar-refractivity contribution in [3.05, 3.63) is 60.7 Å². The average molecular weight is 396 g/mol. The molecular formula is C18H20O6S2. The van der Waals surface area contributed by atoms with E-state index in [1.807, 2.05) is 0 Å². The Morgan fingerprint density at radius 3 is 1.19 bits per heavy atom. The fourth-order valence-corrected chi connectivity index (χ4v) is 5.70. The third-order valence-corrected chi connectivity index (χ3v) is 7.77. The lowest BCUT2D eigenvalue weighted by Crippen LogP contribution is -2.36. The fraction of sp³-hybridized carbons (Fsp3) is 0.333. The van der Waals surface area contributed by atoms with Crippen molar-refractivity contribution in [3.8, 4) is 11.5 Å². The lowest BCUT2D eigenvalue weighted by molar-refractivity contribution is 0.406. The minimum Gasteiger partial charge on any atom is -0.382 e. The fourth-order valence-electron chi connectivity index (χ4n) is 2.97. The Labute approximate surface area is 154 Å². The molecule has 0 N–H and O–H groups in total. The maximum absolute atomic E-state index is 12.4.